The van der Waals surface area contributed by atoms with Crippen LogP contribution in [0.25, 0.3) is 97.4 Å². The third kappa shape index (κ3) is 4.63. The molecule has 0 radical (unpaired) electrons. The van der Waals surface area contributed by atoms with Crippen molar-refractivity contribution in [3.8, 4) is 33.6 Å². The van der Waals surface area contributed by atoms with Crippen LogP contribution in [-0.4, -0.2) is 9.13 Å². The maximum Gasteiger partial charge on any atom is 0.195 e. The van der Waals surface area contributed by atoms with E-state index in [0.29, 0.717) is 0 Å². The van der Waals surface area contributed by atoms with Gasteiger partial charge in [0, 0.05) is 53.1 Å². The first-order valence-electron chi connectivity index (χ1n) is 17.9. The Labute approximate surface area is 308 Å². The van der Waals surface area contributed by atoms with Crippen LogP contribution in [0.15, 0.2) is 187 Å². The standard InChI is InChI=1S/C49H30N2OS/c52-49-41-27-21-33(31-17-23-35(24-18-31)50-43-13-5-1-9-37(43)38-10-2-6-14-44(38)50)29-47(41)53-48-30-34(22-28-42(48)49)32-19-25-36(26-20-32)51-45-15-7-3-11-39(45)40-12-4-8-16-46(40)51/h1-30H. The number of benzene rings is 8. The number of aromatic nitrogens is 2. The third-order valence-corrected chi connectivity index (χ3v) is 11.9. The van der Waals surface area contributed by atoms with Gasteiger partial charge >= 0.3 is 0 Å². The van der Waals surface area contributed by atoms with Gasteiger partial charge in [0.15, 0.2) is 5.43 Å². The topological polar surface area (TPSA) is 26.9 Å². The molecule has 0 aliphatic carbocycles. The van der Waals surface area contributed by atoms with E-state index in [2.05, 4.69) is 179 Å². The molecule has 53 heavy (non-hydrogen) atoms. The second kappa shape index (κ2) is 11.6. The molecule has 11 rings (SSSR count). The normalized spacial score (nSPS) is 11.8. The van der Waals surface area contributed by atoms with Crippen molar-refractivity contribution in [2.24, 2.45) is 0 Å². The van der Waals surface area contributed by atoms with Crippen molar-refractivity contribution in [3.63, 3.8) is 0 Å². The molecule has 3 nitrogen and oxygen atoms in total. The van der Waals surface area contributed by atoms with Crippen LogP contribution in [-0.2, 0) is 0 Å². The Bertz CT molecular complexity index is 2970. The van der Waals surface area contributed by atoms with Gasteiger partial charge in [0.05, 0.1) is 22.1 Å². The van der Waals surface area contributed by atoms with Crippen molar-refractivity contribution in [1.82, 2.24) is 9.13 Å². The molecule has 8 aromatic carbocycles. The number of hydrogen-bond donors (Lipinski definition) is 0. The minimum Gasteiger partial charge on any atom is -0.309 e. The summed E-state index contributed by atoms with van der Waals surface area (Å²) in [5, 5.41) is 6.53. The zero-order chi connectivity index (χ0) is 35.0. The summed E-state index contributed by atoms with van der Waals surface area (Å²) < 4.78 is 6.65. The van der Waals surface area contributed by atoms with Gasteiger partial charge in [0.1, 0.15) is 0 Å². The van der Waals surface area contributed by atoms with Crippen LogP contribution in [0.4, 0.5) is 0 Å². The average Bonchev–Trinajstić information content (AvgIpc) is 3.74. The highest BCUT2D eigenvalue weighted by atomic mass is 32.1. The largest absolute Gasteiger partial charge is 0.309 e. The molecular weight excluding hydrogens is 665 g/mol. The zero-order valence-electron chi connectivity index (χ0n) is 28.5. The van der Waals surface area contributed by atoms with Crippen molar-refractivity contribution in [3.05, 3.63) is 192 Å². The van der Waals surface area contributed by atoms with Crippen molar-refractivity contribution in [2.45, 2.75) is 0 Å². The summed E-state index contributed by atoms with van der Waals surface area (Å²) in [6.45, 7) is 0. The molecule has 0 fully saturated rings. The van der Waals surface area contributed by atoms with Gasteiger partial charge in [0.25, 0.3) is 0 Å². The van der Waals surface area contributed by atoms with Gasteiger partial charge in [-0.25, -0.2) is 0 Å². The van der Waals surface area contributed by atoms with Crippen LogP contribution in [0.5, 0.6) is 0 Å². The predicted molar refractivity (Wildman–Crippen MR) is 225 cm³/mol. The lowest BCUT2D eigenvalue weighted by molar-refractivity contribution is 1.18. The van der Waals surface area contributed by atoms with Crippen molar-refractivity contribution in [2.75, 3.05) is 0 Å². The highest BCUT2D eigenvalue weighted by Crippen LogP contribution is 2.36. The molecule has 0 saturated heterocycles. The molecule has 0 atom stereocenters. The second-order valence-corrected chi connectivity index (χ2v) is 14.8. The Balaban J connectivity index is 0.952. The minimum atomic E-state index is 0.0790. The minimum absolute atomic E-state index is 0.0790. The molecule has 0 aliphatic heterocycles. The van der Waals surface area contributed by atoms with Gasteiger partial charge in [0.2, 0.25) is 0 Å². The first-order chi connectivity index (χ1) is 26.2. The van der Waals surface area contributed by atoms with Gasteiger partial charge in [-0.05, 0) is 95.1 Å². The van der Waals surface area contributed by atoms with Crippen molar-refractivity contribution >= 4 is 75.1 Å². The van der Waals surface area contributed by atoms with E-state index in [1.165, 1.54) is 43.6 Å². The van der Waals surface area contributed by atoms with Gasteiger partial charge in [-0.2, -0.15) is 0 Å². The molecular formula is C49H30N2OS. The Morgan fingerprint density at radius 2 is 0.642 bits per heavy atom. The molecule has 0 N–H and O–H groups in total. The molecule has 3 heterocycles. The SMILES string of the molecule is O=c1c2ccc(-c3ccc(-n4c5ccccc5c5ccccc54)cc3)cc2sc2cc(-c3ccc(-n4c5ccccc5c5ccccc54)cc3)ccc12. The Morgan fingerprint density at radius 3 is 1.00 bits per heavy atom. The van der Waals surface area contributed by atoms with E-state index in [0.717, 1.165) is 53.8 Å². The maximum atomic E-state index is 13.8. The van der Waals surface area contributed by atoms with E-state index in [-0.39, 0.29) is 5.43 Å². The summed E-state index contributed by atoms with van der Waals surface area (Å²) in [6.07, 6.45) is 0. The third-order valence-electron chi connectivity index (χ3n) is 10.8. The summed E-state index contributed by atoms with van der Waals surface area (Å²) in [5.74, 6) is 0. The van der Waals surface area contributed by atoms with Gasteiger partial charge < -0.3 is 9.13 Å². The number of para-hydroxylation sites is 4. The maximum absolute atomic E-state index is 13.8. The molecule has 3 aromatic heterocycles. The lowest BCUT2D eigenvalue weighted by Crippen LogP contribution is -2.01. The first kappa shape index (κ1) is 29.9. The summed E-state index contributed by atoms with van der Waals surface area (Å²) in [4.78, 5) is 13.8. The predicted octanol–water partition coefficient (Wildman–Crippen LogP) is 12.9. The molecule has 0 bridgehead atoms. The molecule has 0 saturated carbocycles. The highest BCUT2D eigenvalue weighted by Gasteiger charge is 2.14. The Kier molecular flexibility index (Phi) is 6.57. The molecule has 11 aromatic rings. The lowest BCUT2D eigenvalue weighted by atomic mass is 10.0. The smallest absolute Gasteiger partial charge is 0.195 e. The first-order valence-corrected chi connectivity index (χ1v) is 18.7. The van der Waals surface area contributed by atoms with E-state index in [9.17, 15) is 4.79 Å². The molecule has 248 valence electrons. The number of nitrogens with zero attached hydrogens (tertiary/aromatic N) is 2. The van der Waals surface area contributed by atoms with E-state index >= 15 is 0 Å². The fourth-order valence-corrected chi connectivity index (χ4v) is 9.37. The van der Waals surface area contributed by atoms with Crippen molar-refractivity contribution < 1.29 is 0 Å². The van der Waals surface area contributed by atoms with E-state index in [4.69, 9.17) is 0 Å². The molecule has 0 amide bonds. The van der Waals surface area contributed by atoms with Crippen LogP contribution >= 0.6 is 11.3 Å². The van der Waals surface area contributed by atoms with Crippen LogP contribution < -0.4 is 5.43 Å². The number of rotatable bonds is 4. The van der Waals surface area contributed by atoms with Crippen LogP contribution in [0.2, 0.25) is 0 Å². The average molecular weight is 695 g/mol. The molecule has 4 heteroatoms. The summed E-state index contributed by atoms with van der Waals surface area (Å²) >= 11 is 1.68. The van der Waals surface area contributed by atoms with E-state index in [1.54, 1.807) is 11.3 Å². The summed E-state index contributed by atoms with van der Waals surface area (Å²) in [5.41, 5.74) is 11.5. The fraction of sp³-hybridized carbons (Fsp3) is 0. The molecule has 0 unspecified atom stereocenters. The zero-order valence-corrected chi connectivity index (χ0v) is 29.3. The van der Waals surface area contributed by atoms with E-state index in [1.807, 2.05) is 12.1 Å². The number of fused-ring (bicyclic) bond motifs is 8. The van der Waals surface area contributed by atoms with Crippen LogP contribution in [0.1, 0.15) is 0 Å². The highest BCUT2D eigenvalue weighted by molar-refractivity contribution is 7.24. The van der Waals surface area contributed by atoms with Gasteiger partial charge in [-0.1, -0.05) is 109 Å². The van der Waals surface area contributed by atoms with E-state index < -0.39 is 0 Å². The van der Waals surface area contributed by atoms with Gasteiger partial charge in [-0.15, -0.1) is 11.3 Å². The quantitative estimate of drug-likeness (QED) is 0.169. The Hall–Kier alpha value is -6.75. The summed E-state index contributed by atoms with van der Waals surface area (Å²) in [6, 6.07) is 64.3. The Morgan fingerprint density at radius 1 is 0.321 bits per heavy atom. The number of hydrogen-bond acceptors (Lipinski definition) is 2. The molecule has 0 aliphatic rings. The molecule has 0 spiro atoms. The van der Waals surface area contributed by atoms with Crippen LogP contribution in [0, 0.1) is 0 Å². The van der Waals surface area contributed by atoms with Crippen LogP contribution in [0.3, 0.4) is 0 Å². The lowest BCUT2D eigenvalue weighted by Gasteiger charge is -2.11. The van der Waals surface area contributed by atoms with Crippen molar-refractivity contribution in [1.29, 1.82) is 0 Å². The monoisotopic (exact) mass is 694 g/mol. The van der Waals surface area contributed by atoms with Gasteiger partial charge in [-0.3, -0.25) is 4.79 Å². The second-order valence-electron chi connectivity index (χ2n) is 13.7. The summed E-state index contributed by atoms with van der Waals surface area (Å²) in [7, 11) is 0. The fourth-order valence-electron chi connectivity index (χ4n) is 8.22.